The molecule has 2 aliphatic carbocycles. The first-order chi connectivity index (χ1) is 54.9. The number of ketones is 4. The number of phenolic OH excluding ortho intramolecular Hbond substituents is 2. The largest absolute Gasteiger partial charge is 1.00 e. The number of aromatic nitrogens is 3. The number of carbonyl (C=O) groups is 9. The van der Waals surface area contributed by atoms with Gasteiger partial charge < -0.3 is 69.0 Å². The average molecular weight is 1720 g/mol. The molecule has 3 N–H and O–H groups in total. The fraction of sp³-hybridized carbons (Fsp3) is 0.272. The van der Waals surface area contributed by atoms with E-state index >= 15 is 0 Å². The number of nitrogens with zero attached hydrogens (tertiary/aromatic N) is 3. The standard InChI is InChI=1S/C23H25NO4.C18H16O2.C16H19NO4.C16H14O.C12H11NO4.C6H11BrO2.CH2O3.2K.H/c1-16(25)20-13-24(14-22(26)28-23(2,3)4)21-12-18(10-11-19(20)21)27-15-17-8-6-5-7-9-17;1-13(19)17-9-7-15-11-16(8-10-18(15)17)20-12-14-5-3-2-4-6-14;1-10(18)13-8-17(9-15(20)21-16(2,3)4)14-7-11(19)5-6-12(13)14;1-2-5-13(6-3-1)12-17-16-10-9-14-7-4-8-15(14)11-16;1-7(14)10-5-13(6-12(16)17)11-4-8(15)2-3-9(10)11;1-6(2,3)9-5(8)4-7;2-1-4-3;;;/h5-13H,14-15H2,1-4H3;2-6,8-11H,7,12H2,1H3;5-8,19H,9H2,1-4H3;1-7,9-11H,8,12H2;2-5,15H,6H2,1H3,(H,16,17);4H2,1-3H3;1,3H;;;/q;;;;;;;2*+1;-1/p-1. The van der Waals surface area contributed by atoms with E-state index in [2.05, 4.69) is 57.2 Å². The minimum Gasteiger partial charge on any atom is -1.00 e. The second-order valence-corrected chi connectivity index (χ2v) is 30.3. The molecule has 0 spiro atoms. The smallest absolute Gasteiger partial charge is 1.00 e. The summed E-state index contributed by atoms with van der Waals surface area (Å²) in [6.45, 7) is 23.7. The maximum atomic E-state index is 12.3. The molecule has 0 radical (unpaired) electrons. The van der Waals surface area contributed by atoms with Crippen LogP contribution in [0.2, 0.25) is 0 Å². The molecular formula is C92H98BrK2N3O20. The van der Waals surface area contributed by atoms with Crippen LogP contribution >= 0.6 is 15.9 Å². The van der Waals surface area contributed by atoms with Crippen molar-refractivity contribution in [1.29, 1.82) is 0 Å². The first kappa shape index (κ1) is 99.2. The molecule has 0 amide bonds. The SMILES string of the molecule is C1=Cc2ccc(OCc3ccccc3)cc2C1.CC(=O)C1=CCc2cc(OCc3ccccc3)ccc21.CC(=O)c1cn(CC(=O)O)c2cc(O)ccc12.CC(=O)c1cn(CC(=O)OC(C)(C)C)c2cc(O)ccc12.CC(=O)c1cn(CC(=O)OC(C)(C)C)c2cc(OCc3ccccc3)ccc12.CC(C)(C)OC(=O)CBr.O=CO[O-].[H-].[K+].[K+]. The van der Waals surface area contributed by atoms with Gasteiger partial charge in [-0.1, -0.05) is 137 Å². The van der Waals surface area contributed by atoms with Gasteiger partial charge in [-0.15, -0.1) is 0 Å². The third kappa shape index (κ3) is 32.4. The second kappa shape index (κ2) is 47.4. The van der Waals surface area contributed by atoms with E-state index < -0.39 is 23.1 Å². The first-order valence-electron chi connectivity index (χ1n) is 37.0. The van der Waals surface area contributed by atoms with E-state index in [-0.39, 0.29) is 188 Å². The van der Waals surface area contributed by atoms with Crippen molar-refractivity contribution in [2.45, 2.75) is 159 Å². The fourth-order valence-corrected chi connectivity index (χ4v) is 12.1. The van der Waals surface area contributed by atoms with E-state index in [9.17, 15) is 48.6 Å². The number of alkyl halides is 1. The number of benzene rings is 8. The van der Waals surface area contributed by atoms with Crippen LogP contribution in [-0.4, -0.2) is 105 Å². The number of carbonyl (C=O) groups excluding carboxylic acids is 8. The van der Waals surface area contributed by atoms with Crippen LogP contribution < -0.4 is 122 Å². The van der Waals surface area contributed by atoms with Crippen molar-refractivity contribution in [1.82, 2.24) is 13.7 Å². The molecule has 118 heavy (non-hydrogen) atoms. The zero-order valence-electron chi connectivity index (χ0n) is 70.2. The summed E-state index contributed by atoms with van der Waals surface area (Å²) in [5.74, 6) is 0.498. The molecular weight excluding hydrogens is 1630 g/mol. The van der Waals surface area contributed by atoms with Gasteiger partial charge in [0.05, 0.1) is 16.6 Å². The van der Waals surface area contributed by atoms with Gasteiger partial charge in [0.25, 0.3) is 6.47 Å². The number of aromatic hydroxyl groups is 2. The van der Waals surface area contributed by atoms with Gasteiger partial charge in [0, 0.05) is 75.2 Å². The molecule has 26 heteroatoms. The van der Waals surface area contributed by atoms with Gasteiger partial charge in [-0.2, -0.15) is 0 Å². The van der Waals surface area contributed by atoms with E-state index in [0.717, 1.165) is 57.5 Å². The number of carboxylic acids is 1. The van der Waals surface area contributed by atoms with Crippen molar-refractivity contribution in [2.24, 2.45) is 0 Å². The second-order valence-electron chi connectivity index (χ2n) is 29.7. The summed E-state index contributed by atoms with van der Waals surface area (Å²) in [5.41, 5.74) is 11.1. The Kier molecular flexibility index (Phi) is 39.8. The number of carboxylic acid groups (broad SMARTS) is 1. The third-order valence-electron chi connectivity index (χ3n) is 16.8. The number of fused-ring (bicyclic) bond motifs is 5. The number of rotatable bonds is 21. The molecule has 3 aromatic heterocycles. The van der Waals surface area contributed by atoms with Gasteiger partial charge >= 0.3 is 127 Å². The minimum absolute atomic E-state index is 0. The molecule has 13 rings (SSSR count). The topological polar surface area (TPSA) is 317 Å². The number of esters is 3. The van der Waals surface area contributed by atoms with E-state index in [4.69, 9.17) is 43.6 Å². The Morgan fingerprint density at radius 2 is 0.814 bits per heavy atom. The van der Waals surface area contributed by atoms with E-state index in [1.807, 2.05) is 169 Å². The first-order valence-corrected chi connectivity index (χ1v) is 38.1. The summed E-state index contributed by atoms with van der Waals surface area (Å²) in [6.07, 6.45) is 13.0. The maximum absolute atomic E-state index is 12.3. The molecule has 0 unspecified atom stereocenters. The Morgan fingerprint density at radius 1 is 0.458 bits per heavy atom. The molecule has 0 atom stereocenters. The van der Waals surface area contributed by atoms with Crippen LogP contribution in [0, 0.1) is 0 Å². The molecule has 8 aromatic carbocycles. The zero-order valence-corrected chi connectivity index (χ0v) is 77.1. The van der Waals surface area contributed by atoms with Crippen molar-refractivity contribution in [3.05, 3.63) is 268 Å². The zero-order chi connectivity index (χ0) is 85.0. The molecule has 0 fully saturated rings. The summed E-state index contributed by atoms with van der Waals surface area (Å²) < 4.78 is 37.9. The van der Waals surface area contributed by atoms with Crippen LogP contribution in [0.4, 0.5) is 0 Å². The number of aliphatic carboxylic acids is 1. The van der Waals surface area contributed by atoms with Crippen molar-refractivity contribution in [3.8, 4) is 28.7 Å². The van der Waals surface area contributed by atoms with Crippen LogP contribution in [0.3, 0.4) is 0 Å². The summed E-state index contributed by atoms with van der Waals surface area (Å²) >= 11 is 2.99. The third-order valence-corrected chi connectivity index (χ3v) is 17.3. The molecule has 0 aliphatic heterocycles. The summed E-state index contributed by atoms with van der Waals surface area (Å²) in [7, 11) is 0. The number of allylic oxidation sites excluding steroid dienone is 3. The van der Waals surface area contributed by atoms with Gasteiger partial charge in [0.1, 0.15) is 90.3 Å². The van der Waals surface area contributed by atoms with Crippen molar-refractivity contribution in [3.63, 3.8) is 0 Å². The number of hydrogen-bond donors (Lipinski definition) is 3. The Hall–Kier alpha value is -9.40. The fourth-order valence-electron chi connectivity index (χ4n) is 12.0. The molecule has 2 aliphatic rings. The quantitative estimate of drug-likeness (QED) is 0.00879. The van der Waals surface area contributed by atoms with E-state index in [0.29, 0.717) is 64.1 Å². The van der Waals surface area contributed by atoms with Crippen LogP contribution in [0.25, 0.3) is 44.4 Å². The molecule has 0 saturated carbocycles. The van der Waals surface area contributed by atoms with Gasteiger partial charge in [0.2, 0.25) is 0 Å². The number of Topliss-reactive ketones (excluding diaryl/α,β-unsaturated/α-hetero) is 4. The number of phenols is 2. The van der Waals surface area contributed by atoms with E-state index in [1.54, 1.807) is 61.4 Å². The molecule has 0 saturated heterocycles. The Morgan fingerprint density at radius 3 is 1.18 bits per heavy atom. The predicted octanol–water partition coefficient (Wildman–Crippen LogP) is 11.2. The minimum atomic E-state index is -1.000. The summed E-state index contributed by atoms with van der Waals surface area (Å²) in [6, 6.07) is 57.3. The molecule has 3 heterocycles. The van der Waals surface area contributed by atoms with Crippen molar-refractivity contribution in [2.75, 3.05) is 5.33 Å². The number of halogens is 1. The van der Waals surface area contributed by atoms with E-state index in [1.165, 1.54) is 78.1 Å². The summed E-state index contributed by atoms with van der Waals surface area (Å²) in [4.78, 5) is 103. The Balaban J connectivity index is 0.000000302. The predicted molar refractivity (Wildman–Crippen MR) is 447 cm³/mol. The monoisotopic (exact) mass is 1720 g/mol. The van der Waals surface area contributed by atoms with Gasteiger partial charge in [-0.3, -0.25) is 43.2 Å². The Bertz CT molecular complexity index is 5350. The Labute approximate surface area is 781 Å². The molecule has 11 aromatic rings. The molecule has 23 nitrogen and oxygen atoms in total. The average Bonchev–Trinajstić information content (AvgIpc) is 1.65. The van der Waals surface area contributed by atoms with Crippen LogP contribution in [0.1, 0.15) is 161 Å². The van der Waals surface area contributed by atoms with Crippen molar-refractivity contribution < 1.29 is 201 Å². The molecule has 610 valence electrons. The molecule has 0 bridgehead atoms. The van der Waals surface area contributed by atoms with Crippen molar-refractivity contribution >= 4 is 114 Å². The van der Waals surface area contributed by atoms with Crippen LogP contribution in [0.15, 0.2) is 213 Å². The maximum Gasteiger partial charge on any atom is 1.00 e. The van der Waals surface area contributed by atoms with Gasteiger partial charge in [0.15, 0.2) is 23.1 Å². The normalized spacial score (nSPS) is 11.3. The van der Waals surface area contributed by atoms with Gasteiger partial charge in [-0.05, 0) is 202 Å². The van der Waals surface area contributed by atoms with Crippen LogP contribution in [-0.2, 0) is 100 Å². The number of hydrogen-bond acceptors (Lipinski definition) is 19. The number of ether oxygens (including phenoxy) is 6. The summed E-state index contributed by atoms with van der Waals surface area (Å²) in [5, 5.41) is 38.6. The van der Waals surface area contributed by atoms with Crippen LogP contribution in [0.5, 0.6) is 28.7 Å². The van der Waals surface area contributed by atoms with Gasteiger partial charge in [-0.25, -0.2) is 0 Å².